The summed E-state index contributed by atoms with van der Waals surface area (Å²) in [7, 11) is 0. The van der Waals surface area contributed by atoms with E-state index in [0.29, 0.717) is 35.3 Å². The van der Waals surface area contributed by atoms with Crippen molar-refractivity contribution in [2.75, 3.05) is 11.9 Å². The molecule has 0 aliphatic heterocycles. The van der Waals surface area contributed by atoms with Crippen molar-refractivity contribution in [2.45, 2.75) is 51.2 Å². The summed E-state index contributed by atoms with van der Waals surface area (Å²) in [5.41, 5.74) is 2.88. The van der Waals surface area contributed by atoms with E-state index in [2.05, 4.69) is 30.9 Å². The minimum atomic E-state index is -0.824. The van der Waals surface area contributed by atoms with E-state index < -0.39 is 5.60 Å². The normalized spacial score (nSPS) is 15.4. The fraction of sp³-hybridized carbons (Fsp3) is 0.409. The maximum atomic E-state index is 9.82. The number of aromatic nitrogens is 5. The van der Waals surface area contributed by atoms with Crippen LogP contribution in [0.4, 0.5) is 5.95 Å². The van der Waals surface area contributed by atoms with Gasteiger partial charge in [0.25, 0.3) is 0 Å². The second-order valence-corrected chi connectivity index (χ2v) is 8.51. The van der Waals surface area contributed by atoms with Crippen molar-refractivity contribution in [1.29, 1.82) is 5.41 Å². The third-order valence-corrected chi connectivity index (χ3v) is 5.27. The summed E-state index contributed by atoms with van der Waals surface area (Å²) in [6.45, 7) is 3.85. The van der Waals surface area contributed by atoms with Crippen LogP contribution in [-0.4, -0.2) is 54.5 Å². The van der Waals surface area contributed by atoms with Gasteiger partial charge in [0.05, 0.1) is 17.5 Å². The molecular weight excluding hydrogens is 392 g/mol. The van der Waals surface area contributed by atoms with E-state index in [1.165, 1.54) is 19.1 Å². The number of hydrogen-bond donors (Lipinski definition) is 4. The highest BCUT2D eigenvalue weighted by molar-refractivity contribution is 6.08. The molecule has 1 aliphatic carbocycles. The molecule has 1 aromatic carbocycles. The topological polar surface area (TPSA) is 125 Å². The van der Waals surface area contributed by atoms with Crippen LogP contribution in [-0.2, 0) is 0 Å². The lowest BCUT2D eigenvalue weighted by molar-refractivity contribution is 0.0836. The highest BCUT2D eigenvalue weighted by atomic mass is 16.3. The molecule has 0 radical (unpaired) electrons. The first-order chi connectivity index (χ1) is 14.9. The first kappa shape index (κ1) is 20.9. The van der Waals surface area contributed by atoms with Gasteiger partial charge in [0.1, 0.15) is 0 Å². The molecule has 0 spiro atoms. The van der Waals surface area contributed by atoms with Crippen molar-refractivity contribution < 1.29 is 5.11 Å². The summed E-state index contributed by atoms with van der Waals surface area (Å²) in [4.78, 5) is 9.02. The standard InChI is InChI=1S/C22H28N8O/c1-22(2,31)14-24-12-16(11-23)15-7-9-18(10-8-15)30-20-19(28-29-30)13-25-21(27-20)26-17-5-3-4-6-17/h7-13,17,23-24,31H,3-6,14H2,1-2H3,(H,25,26,27)/b16-12+,23-11?. The summed E-state index contributed by atoms with van der Waals surface area (Å²) in [6, 6.07) is 8.11. The molecule has 31 heavy (non-hydrogen) atoms. The highest BCUT2D eigenvalue weighted by Gasteiger charge is 2.17. The number of nitrogens with zero attached hydrogens (tertiary/aromatic N) is 5. The zero-order valence-corrected chi connectivity index (χ0v) is 17.8. The maximum absolute atomic E-state index is 9.82. The Morgan fingerprint density at radius 2 is 2.00 bits per heavy atom. The molecule has 1 aliphatic rings. The van der Waals surface area contributed by atoms with Gasteiger partial charge >= 0.3 is 0 Å². The molecule has 4 N–H and O–H groups in total. The van der Waals surface area contributed by atoms with Gasteiger partial charge in [0, 0.05) is 30.6 Å². The molecule has 2 heterocycles. The second-order valence-electron chi connectivity index (χ2n) is 8.51. The molecule has 1 saturated carbocycles. The summed E-state index contributed by atoms with van der Waals surface area (Å²) >= 11 is 0. The molecule has 2 aromatic heterocycles. The van der Waals surface area contributed by atoms with Crippen molar-refractivity contribution in [3.63, 3.8) is 0 Å². The van der Waals surface area contributed by atoms with Gasteiger partial charge in [-0.15, -0.1) is 5.10 Å². The van der Waals surface area contributed by atoms with E-state index in [0.717, 1.165) is 24.1 Å². The van der Waals surface area contributed by atoms with E-state index in [-0.39, 0.29) is 0 Å². The summed E-state index contributed by atoms with van der Waals surface area (Å²) in [6.07, 6.45) is 9.49. The van der Waals surface area contributed by atoms with Crippen LogP contribution in [0.15, 0.2) is 36.7 Å². The van der Waals surface area contributed by atoms with Crippen LogP contribution in [0.25, 0.3) is 22.4 Å². The number of aliphatic hydroxyl groups is 1. The molecule has 9 heteroatoms. The maximum Gasteiger partial charge on any atom is 0.225 e. The second kappa shape index (κ2) is 8.81. The zero-order chi connectivity index (χ0) is 21.8. The van der Waals surface area contributed by atoms with Crippen LogP contribution in [0, 0.1) is 5.41 Å². The Balaban J connectivity index is 1.55. The van der Waals surface area contributed by atoms with Gasteiger partial charge in [-0.2, -0.15) is 9.67 Å². The number of allylic oxidation sites excluding steroid dienone is 1. The van der Waals surface area contributed by atoms with Crippen LogP contribution in [0.2, 0.25) is 0 Å². The number of rotatable bonds is 8. The molecule has 9 nitrogen and oxygen atoms in total. The van der Waals surface area contributed by atoms with Crippen molar-refractivity contribution in [2.24, 2.45) is 0 Å². The Morgan fingerprint density at radius 3 is 2.68 bits per heavy atom. The molecule has 4 rings (SSSR count). The number of anilines is 1. The Hall–Kier alpha value is -3.33. The van der Waals surface area contributed by atoms with Crippen molar-refractivity contribution in [1.82, 2.24) is 30.3 Å². The monoisotopic (exact) mass is 420 g/mol. The Bertz CT molecular complexity index is 1080. The smallest absolute Gasteiger partial charge is 0.225 e. The van der Waals surface area contributed by atoms with E-state index in [9.17, 15) is 5.11 Å². The van der Waals surface area contributed by atoms with Crippen molar-refractivity contribution >= 4 is 28.9 Å². The van der Waals surface area contributed by atoms with Gasteiger partial charge in [-0.3, -0.25) is 0 Å². The summed E-state index contributed by atoms with van der Waals surface area (Å²) in [5, 5.41) is 32.4. The molecule has 0 atom stereocenters. The van der Waals surface area contributed by atoms with Crippen molar-refractivity contribution in [3.8, 4) is 5.69 Å². The summed E-state index contributed by atoms with van der Waals surface area (Å²) in [5.74, 6) is 0.603. The predicted octanol–water partition coefficient (Wildman–Crippen LogP) is 2.92. The van der Waals surface area contributed by atoms with E-state index in [4.69, 9.17) is 5.41 Å². The van der Waals surface area contributed by atoms with Gasteiger partial charge in [-0.05, 0) is 44.4 Å². The van der Waals surface area contributed by atoms with Gasteiger partial charge in [-0.1, -0.05) is 30.2 Å². The minimum Gasteiger partial charge on any atom is -0.389 e. The van der Waals surface area contributed by atoms with E-state index >= 15 is 0 Å². The Kier molecular flexibility index (Phi) is 5.94. The molecule has 162 valence electrons. The molecule has 0 amide bonds. The zero-order valence-electron chi connectivity index (χ0n) is 17.8. The van der Waals surface area contributed by atoms with Crippen LogP contribution in [0.1, 0.15) is 45.1 Å². The lowest BCUT2D eigenvalue weighted by atomic mass is 10.1. The van der Waals surface area contributed by atoms with Gasteiger partial charge in [0.2, 0.25) is 5.95 Å². The lowest BCUT2D eigenvalue weighted by Gasteiger charge is -2.17. The van der Waals surface area contributed by atoms with Gasteiger partial charge in [-0.25, -0.2) is 4.98 Å². The van der Waals surface area contributed by atoms with E-state index in [1.54, 1.807) is 30.9 Å². The molecule has 3 aromatic rings. The van der Waals surface area contributed by atoms with Crippen LogP contribution in [0.3, 0.4) is 0 Å². The molecule has 0 bridgehead atoms. The van der Waals surface area contributed by atoms with Gasteiger partial charge < -0.3 is 21.1 Å². The fourth-order valence-electron chi connectivity index (χ4n) is 3.64. The van der Waals surface area contributed by atoms with Crippen LogP contribution >= 0.6 is 0 Å². The largest absolute Gasteiger partial charge is 0.389 e. The highest BCUT2D eigenvalue weighted by Crippen LogP contribution is 2.22. The fourth-order valence-corrected chi connectivity index (χ4v) is 3.64. The summed E-state index contributed by atoms with van der Waals surface area (Å²) < 4.78 is 1.70. The molecular formula is C22H28N8O. The van der Waals surface area contributed by atoms with Gasteiger partial charge in [0.15, 0.2) is 11.2 Å². The average Bonchev–Trinajstić information content (AvgIpc) is 3.40. The predicted molar refractivity (Wildman–Crippen MR) is 121 cm³/mol. The molecule has 0 unspecified atom stereocenters. The van der Waals surface area contributed by atoms with Crippen LogP contribution in [0.5, 0.6) is 0 Å². The number of hydrogen-bond acceptors (Lipinski definition) is 8. The third kappa shape index (κ3) is 5.05. The lowest BCUT2D eigenvalue weighted by Crippen LogP contribution is -2.32. The number of fused-ring (bicyclic) bond motifs is 1. The number of nitrogens with one attached hydrogen (secondary N) is 3. The minimum absolute atomic E-state index is 0.393. The first-order valence-electron chi connectivity index (χ1n) is 10.6. The molecule has 0 saturated heterocycles. The number of benzene rings is 1. The Labute approximate surface area is 181 Å². The van der Waals surface area contributed by atoms with Crippen molar-refractivity contribution in [3.05, 3.63) is 42.2 Å². The average molecular weight is 421 g/mol. The quantitative estimate of drug-likeness (QED) is 0.413. The third-order valence-electron chi connectivity index (χ3n) is 5.27. The van der Waals surface area contributed by atoms with E-state index in [1.807, 2.05) is 24.3 Å². The first-order valence-corrected chi connectivity index (χ1v) is 10.6. The molecule has 1 fully saturated rings. The SMILES string of the molecule is CC(C)(O)CN/C=C(\C=N)c1ccc(-n2nnc3cnc(NC4CCCC4)nc32)cc1. The van der Waals surface area contributed by atoms with Crippen LogP contribution < -0.4 is 10.6 Å². The Morgan fingerprint density at radius 1 is 1.26 bits per heavy atom.